The molecule has 0 saturated heterocycles. The van der Waals surface area contributed by atoms with Crippen molar-refractivity contribution in [3.8, 4) is 0 Å². The summed E-state index contributed by atoms with van der Waals surface area (Å²) in [6, 6.07) is 6.29. The molecule has 0 aliphatic carbocycles. The first-order valence-electron chi connectivity index (χ1n) is 4.85. The lowest BCUT2D eigenvalue weighted by atomic mass is 10.3. The van der Waals surface area contributed by atoms with Crippen LogP contribution in [0.3, 0.4) is 0 Å². The van der Waals surface area contributed by atoms with E-state index >= 15 is 0 Å². The van der Waals surface area contributed by atoms with E-state index in [0.29, 0.717) is 0 Å². The number of halogens is 2. The normalized spacial score (nSPS) is 15.1. The van der Waals surface area contributed by atoms with Crippen molar-refractivity contribution in [2.75, 3.05) is 18.1 Å². The summed E-state index contributed by atoms with van der Waals surface area (Å²) in [4.78, 5) is 4.48. The van der Waals surface area contributed by atoms with Gasteiger partial charge in [-0.25, -0.2) is 0 Å². The molecule has 0 N–H and O–H groups in total. The molecule has 1 heterocycles. The zero-order valence-electron chi connectivity index (χ0n) is 8.45. The zero-order chi connectivity index (χ0) is 10.8. The van der Waals surface area contributed by atoms with Gasteiger partial charge in [0.2, 0.25) is 0 Å². The van der Waals surface area contributed by atoms with Crippen molar-refractivity contribution in [2.45, 2.75) is 6.92 Å². The Hall–Kier alpha value is -0.480. The summed E-state index contributed by atoms with van der Waals surface area (Å²) in [6.07, 6.45) is 4.23. The van der Waals surface area contributed by atoms with Crippen LogP contribution in [0.4, 0.5) is 5.69 Å². The van der Waals surface area contributed by atoms with Gasteiger partial charge in [0.1, 0.15) is 0 Å². The van der Waals surface area contributed by atoms with Gasteiger partial charge in [-0.15, -0.1) is 0 Å². The number of nitrogens with zero attached hydrogens (tertiary/aromatic N) is 2. The highest BCUT2D eigenvalue weighted by atomic mass is 79.9. The van der Waals surface area contributed by atoms with Crippen molar-refractivity contribution in [2.24, 2.45) is 0 Å². The van der Waals surface area contributed by atoms with Gasteiger partial charge >= 0.3 is 0 Å². The Morgan fingerprint density at radius 3 is 2.60 bits per heavy atom. The van der Waals surface area contributed by atoms with E-state index in [1.54, 1.807) is 0 Å². The molecule has 0 atom stereocenters. The third-order valence-electron chi connectivity index (χ3n) is 2.43. The van der Waals surface area contributed by atoms with E-state index in [-0.39, 0.29) is 0 Å². The molecular weight excluding hydrogens is 320 g/mol. The van der Waals surface area contributed by atoms with Gasteiger partial charge in [-0.05, 0) is 57.0 Å². The minimum atomic E-state index is 0.935. The first-order valence-corrected chi connectivity index (χ1v) is 6.43. The molecule has 1 aromatic carbocycles. The van der Waals surface area contributed by atoms with E-state index < -0.39 is 0 Å². The maximum Gasteiger partial charge on any atom is 0.0941 e. The molecule has 15 heavy (non-hydrogen) atoms. The van der Waals surface area contributed by atoms with Crippen molar-refractivity contribution in [1.29, 1.82) is 0 Å². The van der Waals surface area contributed by atoms with Crippen LogP contribution in [0.25, 0.3) is 0 Å². The highest BCUT2D eigenvalue weighted by Crippen LogP contribution is 2.29. The maximum atomic E-state index is 3.51. The molecule has 0 amide bonds. The molecule has 0 unspecified atom stereocenters. The summed E-state index contributed by atoms with van der Waals surface area (Å²) in [5, 5.41) is 0. The lowest BCUT2D eigenvalue weighted by Crippen LogP contribution is -2.24. The third-order valence-corrected chi connectivity index (χ3v) is 4.31. The highest BCUT2D eigenvalue weighted by Gasteiger charge is 2.12. The first kappa shape index (κ1) is 11.0. The fourth-order valence-electron chi connectivity index (χ4n) is 1.50. The van der Waals surface area contributed by atoms with E-state index in [0.717, 1.165) is 22.2 Å². The highest BCUT2D eigenvalue weighted by molar-refractivity contribution is 9.13. The fourth-order valence-corrected chi connectivity index (χ4v) is 2.11. The van der Waals surface area contributed by atoms with E-state index in [2.05, 4.69) is 79.2 Å². The van der Waals surface area contributed by atoms with Crippen LogP contribution in [0.5, 0.6) is 0 Å². The Morgan fingerprint density at radius 2 is 2.00 bits per heavy atom. The topological polar surface area (TPSA) is 6.48 Å². The Balaban J connectivity index is 2.18. The van der Waals surface area contributed by atoms with Crippen LogP contribution >= 0.6 is 31.9 Å². The Bertz CT molecular complexity index is 390. The third kappa shape index (κ3) is 2.37. The van der Waals surface area contributed by atoms with Gasteiger partial charge in [-0.2, -0.15) is 0 Å². The summed E-state index contributed by atoms with van der Waals surface area (Å²) >= 11 is 6.98. The molecule has 2 nitrogen and oxygen atoms in total. The monoisotopic (exact) mass is 330 g/mol. The van der Waals surface area contributed by atoms with Crippen molar-refractivity contribution < 1.29 is 0 Å². The number of hydrogen-bond donors (Lipinski definition) is 0. The molecular formula is C11H12Br2N2. The molecule has 80 valence electrons. The van der Waals surface area contributed by atoms with Crippen LogP contribution in [-0.4, -0.2) is 18.1 Å². The SMILES string of the molecule is CCN1C=CN(c2ccc(Br)c(Br)c2)C1. The number of benzene rings is 1. The van der Waals surface area contributed by atoms with E-state index in [1.807, 2.05) is 0 Å². The molecule has 0 saturated carbocycles. The van der Waals surface area contributed by atoms with Crippen molar-refractivity contribution in [1.82, 2.24) is 4.90 Å². The quantitative estimate of drug-likeness (QED) is 0.813. The van der Waals surface area contributed by atoms with Gasteiger partial charge in [0.05, 0.1) is 6.67 Å². The lowest BCUT2D eigenvalue weighted by molar-refractivity contribution is 0.429. The molecule has 4 heteroatoms. The minimum Gasteiger partial charge on any atom is -0.359 e. The molecule has 1 aliphatic rings. The molecule has 2 rings (SSSR count). The largest absolute Gasteiger partial charge is 0.359 e. The average Bonchev–Trinajstić information content (AvgIpc) is 2.70. The summed E-state index contributed by atoms with van der Waals surface area (Å²) in [5.41, 5.74) is 1.21. The predicted molar refractivity (Wildman–Crippen MR) is 70.7 cm³/mol. The molecule has 0 spiro atoms. The average molecular weight is 332 g/mol. The van der Waals surface area contributed by atoms with Crippen LogP contribution in [0.15, 0.2) is 39.5 Å². The van der Waals surface area contributed by atoms with E-state index in [4.69, 9.17) is 0 Å². The smallest absolute Gasteiger partial charge is 0.0941 e. The summed E-state index contributed by atoms with van der Waals surface area (Å²) in [6.45, 7) is 4.14. The van der Waals surface area contributed by atoms with Crippen LogP contribution in [0.2, 0.25) is 0 Å². The van der Waals surface area contributed by atoms with Gasteiger partial charge in [-0.3, -0.25) is 0 Å². The van der Waals surface area contributed by atoms with Gasteiger partial charge in [0.15, 0.2) is 0 Å². The second kappa shape index (κ2) is 4.58. The van der Waals surface area contributed by atoms with Gasteiger partial charge < -0.3 is 9.80 Å². The van der Waals surface area contributed by atoms with Crippen LogP contribution in [0, 0.1) is 0 Å². The van der Waals surface area contributed by atoms with Crippen LogP contribution in [-0.2, 0) is 0 Å². The van der Waals surface area contributed by atoms with Gasteiger partial charge in [0.25, 0.3) is 0 Å². The fraction of sp³-hybridized carbons (Fsp3) is 0.273. The minimum absolute atomic E-state index is 0.935. The van der Waals surface area contributed by atoms with Crippen molar-refractivity contribution in [3.05, 3.63) is 39.5 Å². The molecule has 0 aromatic heterocycles. The second-order valence-corrected chi connectivity index (χ2v) is 5.12. The molecule has 1 aliphatic heterocycles. The van der Waals surface area contributed by atoms with Crippen LogP contribution < -0.4 is 4.90 Å². The van der Waals surface area contributed by atoms with E-state index in [1.165, 1.54) is 5.69 Å². The Labute approximate surface area is 107 Å². The standard InChI is InChI=1S/C11H12Br2N2/c1-2-14-5-6-15(8-14)9-3-4-10(12)11(13)7-9/h3-7H,2,8H2,1H3. The van der Waals surface area contributed by atoms with Crippen molar-refractivity contribution >= 4 is 37.5 Å². The molecule has 0 bridgehead atoms. The summed E-state index contributed by atoms with van der Waals surface area (Å²) in [5.74, 6) is 0. The molecule has 0 radical (unpaired) electrons. The number of hydrogen-bond acceptors (Lipinski definition) is 2. The Morgan fingerprint density at radius 1 is 1.20 bits per heavy atom. The van der Waals surface area contributed by atoms with E-state index in [9.17, 15) is 0 Å². The number of rotatable bonds is 2. The van der Waals surface area contributed by atoms with Crippen molar-refractivity contribution in [3.63, 3.8) is 0 Å². The zero-order valence-corrected chi connectivity index (χ0v) is 11.6. The summed E-state index contributed by atoms with van der Waals surface area (Å²) < 4.78 is 2.17. The molecule has 1 aromatic rings. The molecule has 0 fully saturated rings. The van der Waals surface area contributed by atoms with Gasteiger partial charge in [0, 0.05) is 33.6 Å². The maximum absolute atomic E-state index is 3.51. The summed E-state index contributed by atoms with van der Waals surface area (Å²) in [7, 11) is 0. The Kier molecular flexibility index (Phi) is 3.36. The second-order valence-electron chi connectivity index (χ2n) is 3.41. The first-order chi connectivity index (χ1) is 7.20. The van der Waals surface area contributed by atoms with Crippen LogP contribution in [0.1, 0.15) is 6.92 Å². The van der Waals surface area contributed by atoms with Gasteiger partial charge in [-0.1, -0.05) is 0 Å². The number of anilines is 1. The predicted octanol–water partition coefficient (Wildman–Crippen LogP) is 3.78. The lowest BCUT2D eigenvalue weighted by Gasteiger charge is -2.20.